The lowest BCUT2D eigenvalue weighted by Crippen LogP contribution is -2.45. The highest BCUT2D eigenvalue weighted by molar-refractivity contribution is 6.39. The molecule has 110 valence electrons. The second-order valence-electron chi connectivity index (χ2n) is 4.88. The van der Waals surface area contributed by atoms with E-state index >= 15 is 0 Å². The molecule has 20 heavy (non-hydrogen) atoms. The lowest BCUT2D eigenvalue weighted by molar-refractivity contribution is 0.0913. The van der Waals surface area contributed by atoms with Gasteiger partial charge in [-0.15, -0.1) is 11.6 Å². The van der Waals surface area contributed by atoms with Crippen LogP contribution in [0.15, 0.2) is 18.2 Å². The number of carbonyl (C=O) groups excluding carboxylic acids is 1. The van der Waals surface area contributed by atoms with Crippen molar-refractivity contribution in [3.63, 3.8) is 0 Å². The fourth-order valence-electron chi connectivity index (χ4n) is 2.39. The zero-order valence-electron chi connectivity index (χ0n) is 11.0. The van der Waals surface area contributed by atoms with Crippen molar-refractivity contribution in [2.24, 2.45) is 0 Å². The van der Waals surface area contributed by atoms with Crippen LogP contribution in [-0.4, -0.2) is 42.4 Å². The van der Waals surface area contributed by atoms with Crippen LogP contribution in [0.4, 0.5) is 0 Å². The Morgan fingerprint density at radius 3 is 2.40 bits per heavy atom. The smallest absolute Gasteiger partial charge is 0.254 e. The molecule has 0 spiro atoms. The van der Waals surface area contributed by atoms with E-state index in [0.717, 1.165) is 32.5 Å². The minimum absolute atomic E-state index is 0.168. The van der Waals surface area contributed by atoms with Crippen LogP contribution >= 0.6 is 34.8 Å². The van der Waals surface area contributed by atoms with E-state index in [9.17, 15) is 4.79 Å². The molecular weight excluding hydrogens is 319 g/mol. The molecule has 0 aromatic heterocycles. The highest BCUT2D eigenvalue weighted by atomic mass is 35.5. The van der Waals surface area contributed by atoms with E-state index in [2.05, 4.69) is 10.2 Å². The van der Waals surface area contributed by atoms with Crippen LogP contribution in [0.2, 0.25) is 10.0 Å². The van der Waals surface area contributed by atoms with E-state index in [-0.39, 0.29) is 11.9 Å². The summed E-state index contributed by atoms with van der Waals surface area (Å²) in [5, 5.41) is 3.78. The van der Waals surface area contributed by atoms with Crippen LogP contribution in [0, 0.1) is 0 Å². The Morgan fingerprint density at radius 2 is 1.85 bits per heavy atom. The van der Waals surface area contributed by atoms with Gasteiger partial charge < -0.3 is 10.2 Å². The third-order valence-corrected chi connectivity index (χ3v) is 4.31. The maximum atomic E-state index is 12.2. The predicted molar refractivity (Wildman–Crippen MR) is 84.1 cm³/mol. The molecule has 1 heterocycles. The first kappa shape index (κ1) is 15.9. The number of nitrogens with zero attached hydrogens (tertiary/aromatic N) is 1. The van der Waals surface area contributed by atoms with Gasteiger partial charge in [0.15, 0.2) is 0 Å². The summed E-state index contributed by atoms with van der Waals surface area (Å²) >= 11 is 17.8. The van der Waals surface area contributed by atoms with Crippen molar-refractivity contribution in [3.8, 4) is 0 Å². The van der Waals surface area contributed by atoms with Gasteiger partial charge in [-0.1, -0.05) is 29.3 Å². The standard InChI is InChI=1S/C14H17Cl3N2O/c15-6-9-19-7-4-10(5-8-19)18-14(20)13-11(16)2-1-3-12(13)17/h1-3,10H,4-9H2,(H,18,20). The average Bonchev–Trinajstić information content (AvgIpc) is 2.41. The molecule has 0 saturated carbocycles. The largest absolute Gasteiger partial charge is 0.349 e. The first-order chi connectivity index (χ1) is 9.61. The Bertz CT molecular complexity index is 453. The van der Waals surface area contributed by atoms with Gasteiger partial charge in [0.2, 0.25) is 0 Å². The zero-order chi connectivity index (χ0) is 14.5. The first-order valence-corrected chi connectivity index (χ1v) is 7.94. The normalized spacial score (nSPS) is 17.1. The van der Waals surface area contributed by atoms with Crippen molar-refractivity contribution in [2.45, 2.75) is 18.9 Å². The molecule has 6 heteroatoms. The number of alkyl halides is 1. The number of piperidine rings is 1. The number of hydrogen-bond donors (Lipinski definition) is 1. The van der Waals surface area contributed by atoms with E-state index in [1.807, 2.05) is 0 Å². The summed E-state index contributed by atoms with van der Waals surface area (Å²) in [5.74, 6) is 0.447. The van der Waals surface area contributed by atoms with Gasteiger partial charge in [-0.25, -0.2) is 0 Å². The van der Waals surface area contributed by atoms with Crippen molar-refractivity contribution < 1.29 is 4.79 Å². The van der Waals surface area contributed by atoms with Gasteiger partial charge in [0.25, 0.3) is 5.91 Å². The molecule has 1 aliphatic rings. The highest BCUT2D eigenvalue weighted by Crippen LogP contribution is 2.24. The van der Waals surface area contributed by atoms with E-state index in [4.69, 9.17) is 34.8 Å². The van der Waals surface area contributed by atoms with Crippen LogP contribution in [0.5, 0.6) is 0 Å². The molecule has 0 bridgehead atoms. The number of carbonyl (C=O) groups is 1. The molecule has 3 nitrogen and oxygen atoms in total. The Hall–Kier alpha value is -0.480. The molecule has 1 aromatic carbocycles. The molecule has 1 N–H and O–H groups in total. The van der Waals surface area contributed by atoms with Gasteiger partial charge in [-0.2, -0.15) is 0 Å². The van der Waals surface area contributed by atoms with Crippen molar-refractivity contribution >= 4 is 40.7 Å². The highest BCUT2D eigenvalue weighted by Gasteiger charge is 2.22. The zero-order valence-corrected chi connectivity index (χ0v) is 13.3. The SMILES string of the molecule is O=C(NC1CCN(CCCl)CC1)c1c(Cl)cccc1Cl. The van der Waals surface area contributed by atoms with Crippen molar-refractivity contribution in [1.82, 2.24) is 10.2 Å². The van der Waals surface area contributed by atoms with Crippen LogP contribution < -0.4 is 5.32 Å². The fraction of sp³-hybridized carbons (Fsp3) is 0.500. The van der Waals surface area contributed by atoms with Crippen molar-refractivity contribution in [1.29, 1.82) is 0 Å². The predicted octanol–water partition coefficient (Wildman–Crippen LogP) is 3.43. The van der Waals surface area contributed by atoms with E-state index < -0.39 is 0 Å². The molecule has 1 saturated heterocycles. The molecule has 1 aliphatic heterocycles. The summed E-state index contributed by atoms with van der Waals surface area (Å²) in [4.78, 5) is 14.6. The van der Waals surface area contributed by atoms with Gasteiger partial charge in [-0.05, 0) is 25.0 Å². The molecule has 1 amide bonds. The topological polar surface area (TPSA) is 32.3 Å². The number of nitrogens with one attached hydrogen (secondary N) is 1. The Balaban J connectivity index is 1.93. The number of rotatable bonds is 4. The quantitative estimate of drug-likeness (QED) is 0.855. The third kappa shape index (κ3) is 4.01. The van der Waals surface area contributed by atoms with Crippen LogP contribution in [-0.2, 0) is 0 Å². The molecule has 0 aliphatic carbocycles. The van der Waals surface area contributed by atoms with Crippen LogP contribution in [0.25, 0.3) is 0 Å². The van der Waals surface area contributed by atoms with E-state index in [0.29, 0.717) is 21.5 Å². The van der Waals surface area contributed by atoms with Crippen LogP contribution in [0.1, 0.15) is 23.2 Å². The fourth-order valence-corrected chi connectivity index (χ4v) is 3.20. The summed E-state index contributed by atoms with van der Waals surface area (Å²) < 4.78 is 0. The first-order valence-electron chi connectivity index (χ1n) is 6.65. The van der Waals surface area contributed by atoms with Crippen molar-refractivity contribution in [2.75, 3.05) is 25.5 Å². The molecule has 1 aromatic rings. The molecular formula is C14H17Cl3N2O. The van der Waals surface area contributed by atoms with E-state index in [1.54, 1.807) is 18.2 Å². The van der Waals surface area contributed by atoms with Gasteiger partial charge in [0, 0.05) is 31.6 Å². The molecule has 0 radical (unpaired) electrons. The number of benzene rings is 1. The molecule has 0 unspecified atom stereocenters. The Labute approximate surface area is 134 Å². The van der Waals surface area contributed by atoms with Gasteiger partial charge in [0.05, 0.1) is 15.6 Å². The summed E-state index contributed by atoms with van der Waals surface area (Å²) in [6.45, 7) is 2.81. The molecule has 1 fully saturated rings. The van der Waals surface area contributed by atoms with Gasteiger partial charge in [0.1, 0.15) is 0 Å². The lowest BCUT2D eigenvalue weighted by Gasteiger charge is -2.31. The minimum Gasteiger partial charge on any atom is -0.349 e. The summed E-state index contributed by atoms with van der Waals surface area (Å²) in [7, 11) is 0. The van der Waals surface area contributed by atoms with Gasteiger partial charge >= 0.3 is 0 Å². The van der Waals surface area contributed by atoms with E-state index in [1.165, 1.54) is 0 Å². The maximum Gasteiger partial charge on any atom is 0.254 e. The minimum atomic E-state index is -0.198. The second kappa shape index (κ2) is 7.51. The lowest BCUT2D eigenvalue weighted by atomic mass is 10.0. The Morgan fingerprint density at radius 1 is 1.25 bits per heavy atom. The molecule has 2 rings (SSSR count). The number of hydrogen-bond acceptors (Lipinski definition) is 2. The van der Waals surface area contributed by atoms with Crippen molar-refractivity contribution in [3.05, 3.63) is 33.8 Å². The molecule has 0 atom stereocenters. The van der Waals surface area contributed by atoms with Gasteiger partial charge in [-0.3, -0.25) is 4.79 Å². The number of amides is 1. The Kier molecular flexibility index (Phi) is 5.97. The maximum absolute atomic E-state index is 12.2. The second-order valence-corrected chi connectivity index (χ2v) is 6.07. The third-order valence-electron chi connectivity index (χ3n) is 3.51. The summed E-state index contributed by atoms with van der Waals surface area (Å²) in [5.41, 5.74) is 0.360. The summed E-state index contributed by atoms with van der Waals surface area (Å²) in [6, 6.07) is 5.24. The number of halogens is 3. The monoisotopic (exact) mass is 334 g/mol. The average molecular weight is 336 g/mol. The summed E-state index contributed by atoms with van der Waals surface area (Å²) in [6.07, 6.45) is 1.84. The van der Waals surface area contributed by atoms with Crippen LogP contribution in [0.3, 0.4) is 0 Å². The number of likely N-dealkylation sites (tertiary alicyclic amines) is 1.